The summed E-state index contributed by atoms with van der Waals surface area (Å²) in [6, 6.07) is 3.25. The van der Waals surface area contributed by atoms with E-state index in [2.05, 4.69) is 15.2 Å². The van der Waals surface area contributed by atoms with Gasteiger partial charge in [-0.3, -0.25) is 4.98 Å². The van der Waals surface area contributed by atoms with E-state index in [4.69, 9.17) is 23.2 Å². The van der Waals surface area contributed by atoms with Crippen LogP contribution < -0.4 is 23.2 Å². The van der Waals surface area contributed by atoms with E-state index in [1.165, 1.54) is 6.20 Å². The van der Waals surface area contributed by atoms with Crippen molar-refractivity contribution in [2.45, 2.75) is 0 Å². The highest BCUT2D eigenvalue weighted by Gasteiger charge is 2.03. The van der Waals surface area contributed by atoms with E-state index in [0.717, 1.165) is 0 Å². The van der Waals surface area contributed by atoms with E-state index in [-0.39, 0.29) is 11.7 Å². The summed E-state index contributed by atoms with van der Waals surface area (Å²) < 4.78 is 0. The Balaban J connectivity index is 3.14. The highest BCUT2D eigenvalue weighted by molar-refractivity contribution is 6.01. The summed E-state index contributed by atoms with van der Waals surface area (Å²) in [6.07, 6.45) is 1.51. The maximum absolute atomic E-state index is 5.49. The minimum atomic E-state index is 0.122. The summed E-state index contributed by atoms with van der Waals surface area (Å²) in [4.78, 5) is 3.94. The maximum Gasteiger partial charge on any atom is 0.168 e. The molecule has 1 heterocycles. The molecule has 7 nitrogen and oxygen atoms in total. The Morgan fingerprint density at radius 3 is 2.36 bits per heavy atom. The fourth-order valence-electron chi connectivity index (χ4n) is 0.871. The lowest BCUT2D eigenvalue weighted by Crippen LogP contribution is -2.20. The Hall–Kier alpha value is -2.31. The van der Waals surface area contributed by atoms with Crippen LogP contribution in [0, 0.1) is 0 Å². The van der Waals surface area contributed by atoms with Crippen LogP contribution in [0.1, 0.15) is 11.3 Å². The van der Waals surface area contributed by atoms with Gasteiger partial charge < -0.3 is 23.2 Å². The Labute approximate surface area is 80.5 Å². The molecule has 0 aromatic carbocycles. The monoisotopic (exact) mass is 193 g/mol. The van der Waals surface area contributed by atoms with Crippen molar-refractivity contribution < 1.29 is 0 Å². The quantitative estimate of drug-likeness (QED) is 0.190. The topological polar surface area (TPSA) is 142 Å². The second-order valence-electron chi connectivity index (χ2n) is 2.46. The lowest BCUT2D eigenvalue weighted by atomic mass is 10.2. The Morgan fingerprint density at radius 1 is 1.14 bits per heavy atom. The summed E-state index contributed by atoms with van der Waals surface area (Å²) in [5.74, 6) is 10.3. The summed E-state index contributed by atoms with van der Waals surface area (Å²) in [6.45, 7) is 0. The minimum absolute atomic E-state index is 0.122. The van der Waals surface area contributed by atoms with Crippen molar-refractivity contribution in [2.24, 2.45) is 33.4 Å². The molecule has 0 saturated heterocycles. The first-order valence-electron chi connectivity index (χ1n) is 3.72. The van der Waals surface area contributed by atoms with Gasteiger partial charge in [-0.05, 0) is 12.1 Å². The highest BCUT2D eigenvalue weighted by Crippen LogP contribution is 2.00. The van der Waals surface area contributed by atoms with Gasteiger partial charge in [0.1, 0.15) is 11.5 Å². The highest BCUT2D eigenvalue weighted by atomic mass is 15.2. The average Bonchev–Trinajstić information content (AvgIpc) is 2.27. The number of nitrogens with two attached hydrogens (primary N) is 4. The minimum Gasteiger partial charge on any atom is -0.382 e. The molecule has 0 saturated carbocycles. The van der Waals surface area contributed by atoms with Crippen LogP contribution in [0.4, 0.5) is 0 Å². The third-order valence-electron chi connectivity index (χ3n) is 1.60. The van der Waals surface area contributed by atoms with Gasteiger partial charge in [-0.2, -0.15) is 10.2 Å². The molecule has 0 bridgehead atoms. The first kappa shape index (κ1) is 9.78. The lowest BCUT2D eigenvalue weighted by Gasteiger charge is -2.01. The van der Waals surface area contributed by atoms with E-state index in [0.29, 0.717) is 11.3 Å². The molecular formula is C7H11N7. The fourth-order valence-corrected chi connectivity index (χ4v) is 0.871. The molecule has 0 aliphatic heterocycles. The molecule has 14 heavy (non-hydrogen) atoms. The predicted octanol–water partition coefficient (Wildman–Crippen LogP) is -1.76. The molecule has 0 aliphatic carbocycles. The molecule has 1 aromatic heterocycles. The number of aromatic nitrogens is 1. The standard InChI is InChI=1S/C7H11N7/c8-6(13-10)4-1-2-12-5(3-4)7(9)14-11/h1-3H,10-11H2,(H2,8,13)(H2,9,14). The molecule has 74 valence electrons. The molecular weight excluding hydrogens is 182 g/mol. The van der Waals surface area contributed by atoms with Crippen LogP contribution in [0.15, 0.2) is 28.5 Å². The zero-order chi connectivity index (χ0) is 10.6. The van der Waals surface area contributed by atoms with Gasteiger partial charge in [-0.1, -0.05) is 0 Å². The number of nitrogens with zero attached hydrogens (tertiary/aromatic N) is 3. The van der Waals surface area contributed by atoms with Crippen molar-refractivity contribution in [1.82, 2.24) is 4.98 Å². The van der Waals surface area contributed by atoms with Crippen LogP contribution in [-0.2, 0) is 0 Å². The molecule has 1 aromatic rings. The number of hydrogen-bond donors (Lipinski definition) is 4. The normalized spacial score (nSPS) is 12.9. The maximum atomic E-state index is 5.49. The summed E-state index contributed by atoms with van der Waals surface area (Å²) in [7, 11) is 0. The van der Waals surface area contributed by atoms with Gasteiger partial charge in [-0.15, -0.1) is 0 Å². The van der Waals surface area contributed by atoms with Gasteiger partial charge in [0.15, 0.2) is 5.84 Å². The molecule has 0 atom stereocenters. The SMILES string of the molecule is N/N=C(/N)c1ccnc(/C(N)=N\N)c1. The third-order valence-corrected chi connectivity index (χ3v) is 1.60. The van der Waals surface area contributed by atoms with Crippen LogP contribution in [0.25, 0.3) is 0 Å². The molecule has 0 radical (unpaired) electrons. The fraction of sp³-hybridized carbons (Fsp3) is 0. The summed E-state index contributed by atoms with van der Waals surface area (Å²) in [5, 5.41) is 6.64. The van der Waals surface area contributed by atoms with Crippen LogP contribution in [0.5, 0.6) is 0 Å². The van der Waals surface area contributed by atoms with Crippen molar-refractivity contribution in [3.63, 3.8) is 0 Å². The molecule has 0 aliphatic rings. The van der Waals surface area contributed by atoms with Gasteiger partial charge in [0, 0.05) is 11.8 Å². The van der Waals surface area contributed by atoms with E-state index < -0.39 is 0 Å². The van der Waals surface area contributed by atoms with Gasteiger partial charge in [0.05, 0.1) is 0 Å². The first-order chi connectivity index (χ1) is 6.69. The van der Waals surface area contributed by atoms with E-state index in [1.54, 1.807) is 12.1 Å². The second kappa shape index (κ2) is 4.08. The van der Waals surface area contributed by atoms with E-state index in [1.807, 2.05) is 0 Å². The number of rotatable bonds is 2. The van der Waals surface area contributed by atoms with Crippen molar-refractivity contribution >= 4 is 11.7 Å². The largest absolute Gasteiger partial charge is 0.382 e. The summed E-state index contributed by atoms with van der Waals surface area (Å²) >= 11 is 0. The van der Waals surface area contributed by atoms with Crippen LogP contribution in [0.3, 0.4) is 0 Å². The number of hydrogen-bond acceptors (Lipinski definition) is 5. The van der Waals surface area contributed by atoms with Gasteiger partial charge >= 0.3 is 0 Å². The van der Waals surface area contributed by atoms with E-state index >= 15 is 0 Å². The average molecular weight is 193 g/mol. The van der Waals surface area contributed by atoms with Crippen molar-refractivity contribution in [3.8, 4) is 0 Å². The number of amidine groups is 2. The summed E-state index contributed by atoms with van der Waals surface area (Å²) in [5.41, 5.74) is 12.0. The van der Waals surface area contributed by atoms with Crippen molar-refractivity contribution in [3.05, 3.63) is 29.6 Å². The molecule has 0 fully saturated rings. The lowest BCUT2D eigenvalue weighted by molar-refractivity contribution is 1.18. The Kier molecular flexibility index (Phi) is 2.85. The van der Waals surface area contributed by atoms with Crippen LogP contribution >= 0.6 is 0 Å². The van der Waals surface area contributed by atoms with Crippen molar-refractivity contribution in [2.75, 3.05) is 0 Å². The molecule has 1 rings (SSSR count). The zero-order valence-electron chi connectivity index (χ0n) is 7.38. The van der Waals surface area contributed by atoms with Gasteiger partial charge in [-0.25, -0.2) is 0 Å². The Morgan fingerprint density at radius 2 is 1.79 bits per heavy atom. The van der Waals surface area contributed by atoms with E-state index in [9.17, 15) is 0 Å². The van der Waals surface area contributed by atoms with Crippen molar-refractivity contribution in [1.29, 1.82) is 0 Å². The molecule has 0 unspecified atom stereocenters. The van der Waals surface area contributed by atoms with Crippen LogP contribution in [-0.4, -0.2) is 16.7 Å². The molecule has 7 heteroatoms. The smallest absolute Gasteiger partial charge is 0.168 e. The van der Waals surface area contributed by atoms with Gasteiger partial charge in [0.2, 0.25) is 0 Å². The predicted molar refractivity (Wildman–Crippen MR) is 54.1 cm³/mol. The zero-order valence-corrected chi connectivity index (χ0v) is 7.38. The molecule has 0 amide bonds. The number of pyridine rings is 1. The van der Waals surface area contributed by atoms with Gasteiger partial charge in [0.25, 0.3) is 0 Å². The number of hydrazone groups is 2. The Bertz CT molecular complexity index is 348. The molecule has 8 N–H and O–H groups in total. The first-order valence-corrected chi connectivity index (χ1v) is 3.72. The van der Waals surface area contributed by atoms with Crippen LogP contribution in [0.2, 0.25) is 0 Å². The molecule has 0 spiro atoms. The second-order valence-corrected chi connectivity index (χ2v) is 2.46. The third kappa shape index (κ3) is 1.89.